The number of nitrogens with zero attached hydrogens (tertiary/aromatic N) is 2. The summed E-state index contributed by atoms with van der Waals surface area (Å²) in [5.41, 5.74) is 2.38. The minimum atomic E-state index is -0.250. The molecule has 1 unspecified atom stereocenters. The molecule has 2 aromatic carbocycles. The van der Waals surface area contributed by atoms with Crippen LogP contribution < -0.4 is 24.3 Å². The molecule has 1 aliphatic rings. The molecule has 8 heteroatoms. The van der Waals surface area contributed by atoms with Gasteiger partial charge in [0.2, 0.25) is 5.91 Å². The minimum absolute atomic E-state index is 0.0976. The summed E-state index contributed by atoms with van der Waals surface area (Å²) in [6.45, 7) is 0. The van der Waals surface area contributed by atoms with Crippen LogP contribution in [0, 0.1) is 0 Å². The maximum atomic E-state index is 12.6. The van der Waals surface area contributed by atoms with Gasteiger partial charge in [-0.25, -0.2) is 4.98 Å². The quantitative estimate of drug-likeness (QED) is 0.672. The summed E-state index contributed by atoms with van der Waals surface area (Å²) in [5, 5.41) is 2.96. The van der Waals surface area contributed by atoms with Gasteiger partial charge < -0.3 is 24.3 Å². The number of fused-ring (bicyclic) bond motifs is 1. The van der Waals surface area contributed by atoms with Crippen molar-refractivity contribution in [2.75, 3.05) is 33.8 Å². The first-order chi connectivity index (χ1) is 14.6. The lowest BCUT2D eigenvalue weighted by Crippen LogP contribution is -2.25. The number of nitrogens with one attached hydrogen (secondary N) is 1. The van der Waals surface area contributed by atoms with Gasteiger partial charge in [-0.15, -0.1) is 0 Å². The third kappa shape index (κ3) is 3.30. The van der Waals surface area contributed by atoms with Crippen molar-refractivity contribution in [2.45, 2.75) is 12.3 Å². The van der Waals surface area contributed by atoms with Crippen molar-refractivity contribution in [2.24, 2.45) is 0 Å². The highest BCUT2D eigenvalue weighted by molar-refractivity contribution is 5.94. The molecule has 1 amide bonds. The Morgan fingerprint density at radius 2 is 1.60 bits per heavy atom. The van der Waals surface area contributed by atoms with E-state index in [0.717, 1.165) is 16.9 Å². The summed E-state index contributed by atoms with van der Waals surface area (Å²) < 4.78 is 23.5. The van der Waals surface area contributed by atoms with E-state index in [1.165, 1.54) is 0 Å². The summed E-state index contributed by atoms with van der Waals surface area (Å²) >= 11 is 0. The summed E-state index contributed by atoms with van der Waals surface area (Å²) in [5.74, 6) is 2.88. The van der Waals surface area contributed by atoms with Crippen LogP contribution in [0.25, 0.3) is 5.69 Å². The number of imidazole rings is 1. The van der Waals surface area contributed by atoms with E-state index in [0.29, 0.717) is 28.8 Å². The molecule has 4 rings (SSSR count). The summed E-state index contributed by atoms with van der Waals surface area (Å²) in [4.78, 5) is 17.2. The largest absolute Gasteiger partial charge is 0.497 e. The zero-order valence-electron chi connectivity index (χ0n) is 17.3. The van der Waals surface area contributed by atoms with E-state index in [1.807, 2.05) is 34.9 Å². The van der Waals surface area contributed by atoms with Crippen LogP contribution in [-0.2, 0) is 4.79 Å². The van der Waals surface area contributed by atoms with Crippen LogP contribution >= 0.6 is 0 Å². The van der Waals surface area contributed by atoms with E-state index in [4.69, 9.17) is 18.9 Å². The molecule has 8 nitrogen and oxygen atoms in total. The molecule has 0 saturated carbocycles. The Balaban J connectivity index is 1.82. The van der Waals surface area contributed by atoms with E-state index in [-0.39, 0.29) is 18.2 Å². The highest BCUT2D eigenvalue weighted by Crippen LogP contribution is 2.42. The molecule has 0 aliphatic carbocycles. The van der Waals surface area contributed by atoms with Crippen LogP contribution in [0.5, 0.6) is 23.0 Å². The molecule has 156 valence electrons. The lowest BCUT2D eigenvalue weighted by molar-refractivity contribution is -0.116. The Morgan fingerprint density at radius 1 is 0.933 bits per heavy atom. The van der Waals surface area contributed by atoms with Crippen LogP contribution in [0.3, 0.4) is 0 Å². The van der Waals surface area contributed by atoms with Gasteiger partial charge in [0.25, 0.3) is 0 Å². The van der Waals surface area contributed by atoms with Crippen molar-refractivity contribution in [3.8, 4) is 28.7 Å². The number of rotatable bonds is 6. The van der Waals surface area contributed by atoms with Crippen LogP contribution in [0.4, 0.5) is 5.82 Å². The molecular weight excluding hydrogens is 386 g/mol. The highest BCUT2D eigenvalue weighted by atomic mass is 16.5. The Kier molecular flexibility index (Phi) is 5.22. The van der Waals surface area contributed by atoms with Gasteiger partial charge in [0, 0.05) is 30.0 Å². The topological polar surface area (TPSA) is 83.8 Å². The van der Waals surface area contributed by atoms with E-state index < -0.39 is 0 Å². The second-order valence-electron chi connectivity index (χ2n) is 6.80. The first-order valence-corrected chi connectivity index (χ1v) is 9.41. The Labute approximate surface area is 174 Å². The molecule has 2 heterocycles. The average Bonchev–Trinajstić information content (AvgIpc) is 3.20. The summed E-state index contributed by atoms with van der Waals surface area (Å²) in [7, 11) is 6.39. The fourth-order valence-corrected chi connectivity index (χ4v) is 3.74. The number of amides is 1. The zero-order chi connectivity index (χ0) is 21.3. The third-order valence-corrected chi connectivity index (χ3v) is 5.24. The molecule has 3 aromatic rings. The number of benzene rings is 2. The third-order valence-electron chi connectivity index (χ3n) is 5.24. The van der Waals surface area contributed by atoms with Crippen molar-refractivity contribution in [3.63, 3.8) is 0 Å². The first-order valence-electron chi connectivity index (χ1n) is 9.41. The Hall–Kier alpha value is -3.68. The fourth-order valence-electron chi connectivity index (χ4n) is 3.74. The maximum absolute atomic E-state index is 12.6. The monoisotopic (exact) mass is 409 g/mol. The standard InChI is InChI=1S/C22H23N3O5/c1-27-13-5-7-15(18(9-13)29-3)16-11-20(26)24-22-21(16)23-12-25(22)17-8-6-14(28-2)10-19(17)30-4/h5-10,12,16H,11H2,1-4H3,(H,24,26). The van der Waals surface area contributed by atoms with E-state index in [2.05, 4.69) is 10.3 Å². The van der Waals surface area contributed by atoms with E-state index in [1.54, 1.807) is 40.8 Å². The molecule has 0 saturated heterocycles. The predicted octanol–water partition coefficient (Wildman–Crippen LogP) is 3.38. The van der Waals surface area contributed by atoms with Gasteiger partial charge in [-0.3, -0.25) is 9.36 Å². The number of hydrogen-bond donors (Lipinski definition) is 1. The molecule has 1 atom stereocenters. The van der Waals surface area contributed by atoms with Crippen molar-refractivity contribution in [3.05, 3.63) is 54.0 Å². The molecule has 0 radical (unpaired) electrons. The lowest BCUT2D eigenvalue weighted by atomic mass is 9.89. The predicted molar refractivity (Wildman–Crippen MR) is 111 cm³/mol. The smallest absolute Gasteiger partial charge is 0.226 e. The maximum Gasteiger partial charge on any atom is 0.226 e. The summed E-state index contributed by atoms with van der Waals surface area (Å²) in [6, 6.07) is 11.1. The van der Waals surface area contributed by atoms with Gasteiger partial charge in [0.05, 0.1) is 39.8 Å². The molecule has 1 aromatic heterocycles. The number of methoxy groups -OCH3 is 4. The zero-order valence-corrected chi connectivity index (χ0v) is 17.3. The first kappa shape index (κ1) is 19.6. The second kappa shape index (κ2) is 7.98. The molecule has 1 aliphatic heterocycles. The number of ether oxygens (including phenoxy) is 4. The van der Waals surface area contributed by atoms with Crippen molar-refractivity contribution < 1.29 is 23.7 Å². The molecule has 0 fully saturated rings. The van der Waals surface area contributed by atoms with Crippen molar-refractivity contribution >= 4 is 11.7 Å². The Bertz CT molecular complexity index is 1090. The number of carbonyl (C=O) groups is 1. The number of carbonyl (C=O) groups excluding carboxylic acids is 1. The molecule has 0 spiro atoms. The highest BCUT2D eigenvalue weighted by Gasteiger charge is 2.33. The molecular formula is C22H23N3O5. The minimum Gasteiger partial charge on any atom is -0.497 e. The van der Waals surface area contributed by atoms with E-state index >= 15 is 0 Å². The number of aromatic nitrogens is 2. The van der Waals surface area contributed by atoms with Gasteiger partial charge in [-0.2, -0.15) is 0 Å². The lowest BCUT2D eigenvalue weighted by Gasteiger charge is -2.25. The molecule has 30 heavy (non-hydrogen) atoms. The van der Waals surface area contributed by atoms with Gasteiger partial charge in [-0.1, -0.05) is 6.07 Å². The van der Waals surface area contributed by atoms with Crippen LogP contribution in [0.15, 0.2) is 42.7 Å². The number of hydrogen-bond acceptors (Lipinski definition) is 6. The van der Waals surface area contributed by atoms with Crippen LogP contribution in [0.2, 0.25) is 0 Å². The second-order valence-corrected chi connectivity index (χ2v) is 6.80. The summed E-state index contributed by atoms with van der Waals surface area (Å²) in [6.07, 6.45) is 1.95. The van der Waals surface area contributed by atoms with Crippen molar-refractivity contribution in [1.29, 1.82) is 0 Å². The molecule has 0 bridgehead atoms. The number of anilines is 1. The van der Waals surface area contributed by atoms with Crippen LogP contribution in [-0.4, -0.2) is 43.9 Å². The van der Waals surface area contributed by atoms with Gasteiger partial charge in [0.1, 0.15) is 35.1 Å². The fraction of sp³-hybridized carbons (Fsp3) is 0.273. The van der Waals surface area contributed by atoms with E-state index in [9.17, 15) is 4.79 Å². The van der Waals surface area contributed by atoms with Crippen molar-refractivity contribution in [1.82, 2.24) is 9.55 Å². The molecule has 1 N–H and O–H groups in total. The van der Waals surface area contributed by atoms with Gasteiger partial charge in [-0.05, 0) is 18.2 Å². The van der Waals surface area contributed by atoms with Gasteiger partial charge in [0.15, 0.2) is 0 Å². The normalized spacial score (nSPS) is 15.2. The van der Waals surface area contributed by atoms with Crippen LogP contribution in [0.1, 0.15) is 23.6 Å². The SMILES string of the molecule is COc1ccc(C2CC(=O)Nc3c2ncn3-c2ccc(OC)cc2OC)c(OC)c1. The Morgan fingerprint density at radius 3 is 2.27 bits per heavy atom. The van der Waals surface area contributed by atoms with Gasteiger partial charge >= 0.3 is 0 Å². The average molecular weight is 409 g/mol.